The van der Waals surface area contributed by atoms with Crippen LogP contribution in [0.15, 0.2) is 41.4 Å². The average Bonchev–Trinajstić information content (AvgIpc) is 2.73. The smallest absolute Gasteiger partial charge is 0.191 e. The molecule has 0 radical (unpaired) electrons. The van der Waals surface area contributed by atoms with E-state index in [9.17, 15) is 8.78 Å². The molecule has 0 bridgehead atoms. The van der Waals surface area contributed by atoms with Crippen molar-refractivity contribution in [2.45, 2.75) is 19.5 Å². The second-order valence-corrected chi connectivity index (χ2v) is 7.37. The molecule has 0 saturated carbocycles. The molecule has 9 heteroatoms. The maximum atomic E-state index is 14.3. The first-order valence-electron chi connectivity index (χ1n) is 10.1. The number of rotatable bonds is 10. The van der Waals surface area contributed by atoms with E-state index < -0.39 is 17.7 Å². The van der Waals surface area contributed by atoms with Crippen molar-refractivity contribution in [1.82, 2.24) is 15.5 Å². The Balaban J connectivity index is 0.00000512. The van der Waals surface area contributed by atoms with E-state index in [0.29, 0.717) is 25.7 Å². The van der Waals surface area contributed by atoms with Gasteiger partial charge >= 0.3 is 0 Å². The third-order valence-corrected chi connectivity index (χ3v) is 4.86. The van der Waals surface area contributed by atoms with Crippen molar-refractivity contribution in [2.75, 3.05) is 48.0 Å². The van der Waals surface area contributed by atoms with Crippen molar-refractivity contribution >= 4 is 29.9 Å². The van der Waals surface area contributed by atoms with E-state index in [1.807, 2.05) is 25.1 Å². The molecule has 2 aromatic carbocycles. The van der Waals surface area contributed by atoms with Crippen molar-refractivity contribution in [1.29, 1.82) is 0 Å². The van der Waals surface area contributed by atoms with E-state index in [1.165, 1.54) is 18.2 Å². The van der Waals surface area contributed by atoms with Gasteiger partial charge in [0.15, 0.2) is 5.96 Å². The number of likely N-dealkylation sites (N-methyl/N-ethyl adjacent to an activating group) is 1. The zero-order valence-electron chi connectivity index (χ0n) is 19.2. The molecule has 1 atom stereocenters. The lowest BCUT2D eigenvalue weighted by Gasteiger charge is -2.26. The summed E-state index contributed by atoms with van der Waals surface area (Å²) in [4.78, 5) is 5.99. The summed E-state index contributed by atoms with van der Waals surface area (Å²) in [5, 5.41) is 6.39. The zero-order chi connectivity index (χ0) is 22.8. The van der Waals surface area contributed by atoms with E-state index in [2.05, 4.69) is 15.6 Å². The fraction of sp³-hybridized carbons (Fsp3) is 0.435. The van der Waals surface area contributed by atoms with Crippen molar-refractivity contribution in [3.8, 4) is 5.75 Å². The molecule has 0 saturated heterocycles. The van der Waals surface area contributed by atoms with Gasteiger partial charge in [0.25, 0.3) is 0 Å². The van der Waals surface area contributed by atoms with Crippen LogP contribution in [0, 0.1) is 18.6 Å². The van der Waals surface area contributed by atoms with E-state index >= 15 is 0 Å². The summed E-state index contributed by atoms with van der Waals surface area (Å²) in [5.74, 6) is 0.161. The number of hydrogen-bond donors (Lipinski definition) is 2. The van der Waals surface area contributed by atoms with Gasteiger partial charge in [0.2, 0.25) is 0 Å². The standard InChI is InChI=1S/C23H32F2N4O2.HI/c1-16-9-10-17(21(13-16)31-12-11-30-5)14-27-23(26-2)28-15-20(29(3)4)22-18(24)7-6-8-19(22)25;/h6-10,13,20H,11-12,14-15H2,1-5H3,(H2,26,27,28);1H. The fourth-order valence-corrected chi connectivity index (χ4v) is 3.14. The van der Waals surface area contributed by atoms with Crippen LogP contribution in [-0.2, 0) is 11.3 Å². The summed E-state index contributed by atoms with van der Waals surface area (Å²) in [7, 11) is 6.84. The number of nitrogens with zero attached hydrogens (tertiary/aromatic N) is 2. The van der Waals surface area contributed by atoms with Gasteiger partial charge in [0.1, 0.15) is 24.0 Å². The Bertz CT molecular complexity index is 861. The van der Waals surface area contributed by atoms with Crippen molar-refractivity contribution < 1.29 is 18.3 Å². The molecule has 178 valence electrons. The number of benzene rings is 2. The number of methoxy groups -OCH3 is 1. The van der Waals surface area contributed by atoms with Crippen LogP contribution in [0.3, 0.4) is 0 Å². The van der Waals surface area contributed by atoms with Gasteiger partial charge in [-0.05, 0) is 44.8 Å². The fourth-order valence-electron chi connectivity index (χ4n) is 3.14. The first-order valence-corrected chi connectivity index (χ1v) is 10.1. The van der Waals surface area contributed by atoms with Gasteiger partial charge in [-0.3, -0.25) is 4.99 Å². The normalized spacial score (nSPS) is 12.3. The Kier molecular flexibility index (Phi) is 12.5. The molecule has 32 heavy (non-hydrogen) atoms. The maximum Gasteiger partial charge on any atom is 0.191 e. The van der Waals surface area contributed by atoms with E-state index in [1.54, 1.807) is 33.2 Å². The Morgan fingerprint density at radius 3 is 2.38 bits per heavy atom. The van der Waals surface area contributed by atoms with Gasteiger partial charge in [0, 0.05) is 38.4 Å². The Labute approximate surface area is 206 Å². The Morgan fingerprint density at radius 2 is 1.78 bits per heavy atom. The van der Waals surface area contributed by atoms with Crippen LogP contribution in [0.1, 0.15) is 22.7 Å². The minimum absolute atomic E-state index is 0. The minimum atomic E-state index is -0.569. The van der Waals surface area contributed by atoms with E-state index in [4.69, 9.17) is 9.47 Å². The molecule has 0 fully saturated rings. The highest BCUT2D eigenvalue weighted by Gasteiger charge is 2.22. The topological polar surface area (TPSA) is 58.1 Å². The zero-order valence-corrected chi connectivity index (χ0v) is 21.6. The van der Waals surface area contributed by atoms with Gasteiger partial charge in [-0.15, -0.1) is 24.0 Å². The second kappa shape index (κ2) is 14.2. The lowest BCUT2D eigenvalue weighted by molar-refractivity contribution is 0.145. The average molecular weight is 562 g/mol. The molecule has 2 rings (SSSR count). The molecule has 0 amide bonds. The number of hydrogen-bond acceptors (Lipinski definition) is 4. The van der Waals surface area contributed by atoms with Crippen LogP contribution in [-0.4, -0.2) is 58.9 Å². The van der Waals surface area contributed by atoms with Crippen molar-refractivity contribution in [3.63, 3.8) is 0 Å². The quantitative estimate of drug-likeness (QED) is 0.199. The number of aryl methyl sites for hydroxylation is 1. The monoisotopic (exact) mass is 562 g/mol. The molecule has 1 unspecified atom stereocenters. The highest BCUT2D eigenvalue weighted by molar-refractivity contribution is 14.0. The molecule has 2 N–H and O–H groups in total. The molecule has 0 heterocycles. The molecule has 6 nitrogen and oxygen atoms in total. The number of ether oxygens (including phenoxy) is 2. The lowest BCUT2D eigenvalue weighted by atomic mass is 10.0. The van der Waals surface area contributed by atoms with Crippen LogP contribution in [0.25, 0.3) is 0 Å². The molecule has 0 spiro atoms. The summed E-state index contributed by atoms with van der Waals surface area (Å²) >= 11 is 0. The third-order valence-electron chi connectivity index (χ3n) is 4.86. The van der Waals surface area contributed by atoms with Gasteiger partial charge in [-0.25, -0.2) is 8.78 Å². The third kappa shape index (κ3) is 8.18. The molecule has 0 aliphatic heterocycles. The molecule has 0 aromatic heterocycles. The van der Waals surface area contributed by atoms with E-state index in [0.717, 1.165) is 16.9 Å². The van der Waals surface area contributed by atoms with Crippen LogP contribution >= 0.6 is 24.0 Å². The molecule has 2 aromatic rings. The van der Waals surface area contributed by atoms with Gasteiger partial charge in [0.05, 0.1) is 12.6 Å². The van der Waals surface area contributed by atoms with Crippen LogP contribution in [0.2, 0.25) is 0 Å². The summed E-state index contributed by atoms with van der Waals surface area (Å²) in [6.45, 7) is 3.71. The van der Waals surface area contributed by atoms with Crippen LogP contribution in [0.4, 0.5) is 8.78 Å². The number of guanidine groups is 1. The first-order chi connectivity index (χ1) is 14.9. The van der Waals surface area contributed by atoms with Crippen molar-refractivity contribution in [2.24, 2.45) is 4.99 Å². The summed E-state index contributed by atoms with van der Waals surface area (Å²) in [5.41, 5.74) is 2.09. The lowest BCUT2D eigenvalue weighted by Crippen LogP contribution is -2.42. The minimum Gasteiger partial charge on any atom is -0.491 e. The predicted octanol–water partition coefficient (Wildman–Crippen LogP) is 3.88. The number of halogens is 3. The van der Waals surface area contributed by atoms with E-state index in [-0.39, 0.29) is 36.1 Å². The molecular weight excluding hydrogens is 529 g/mol. The highest BCUT2D eigenvalue weighted by atomic mass is 127. The molecule has 0 aliphatic rings. The van der Waals surface area contributed by atoms with Gasteiger partial charge in [-0.2, -0.15) is 0 Å². The molecular formula is C23H33F2IN4O2. The summed E-state index contributed by atoms with van der Waals surface area (Å²) in [6, 6.07) is 9.38. The summed E-state index contributed by atoms with van der Waals surface area (Å²) < 4.78 is 39.4. The van der Waals surface area contributed by atoms with Crippen LogP contribution in [0.5, 0.6) is 5.75 Å². The van der Waals surface area contributed by atoms with Gasteiger partial charge in [-0.1, -0.05) is 18.2 Å². The molecule has 0 aliphatic carbocycles. The first kappa shape index (κ1) is 28.1. The Morgan fingerprint density at radius 1 is 1.09 bits per heavy atom. The van der Waals surface area contributed by atoms with Crippen LogP contribution < -0.4 is 15.4 Å². The summed E-state index contributed by atoms with van der Waals surface area (Å²) in [6.07, 6.45) is 0. The largest absolute Gasteiger partial charge is 0.491 e. The van der Waals surface area contributed by atoms with Crippen molar-refractivity contribution in [3.05, 3.63) is 64.7 Å². The number of aliphatic imine (C=N–C) groups is 1. The highest BCUT2D eigenvalue weighted by Crippen LogP contribution is 2.24. The second-order valence-electron chi connectivity index (χ2n) is 7.37. The van der Waals surface area contributed by atoms with Gasteiger partial charge < -0.3 is 25.0 Å². The predicted molar refractivity (Wildman–Crippen MR) is 135 cm³/mol. The maximum absolute atomic E-state index is 14.3. The number of nitrogens with one attached hydrogen (secondary N) is 2. The Hall–Kier alpha value is -1.98. The SMILES string of the molecule is CN=C(NCc1ccc(C)cc1OCCOC)NCC(c1c(F)cccc1F)N(C)C.I.